The van der Waals surface area contributed by atoms with E-state index in [1.807, 2.05) is 19.2 Å². The first-order chi connectivity index (χ1) is 12.1. The number of carbonyl (C=O) groups is 1. The van der Waals surface area contributed by atoms with Crippen LogP contribution < -0.4 is 0 Å². The number of aromatic nitrogens is 3. The first-order valence-corrected chi connectivity index (χ1v) is 10.8. The summed E-state index contributed by atoms with van der Waals surface area (Å²) >= 11 is 8.81. The topological polar surface area (TPSA) is 61.9 Å². The van der Waals surface area contributed by atoms with E-state index in [1.54, 1.807) is 4.90 Å². The third-order valence-electron chi connectivity index (χ3n) is 4.55. The summed E-state index contributed by atoms with van der Waals surface area (Å²) < 4.78 is 0.746. The van der Waals surface area contributed by atoms with E-state index in [1.165, 1.54) is 55.2 Å². The Morgan fingerprint density at radius 2 is 2.24 bits per heavy atom. The van der Waals surface area contributed by atoms with Crippen LogP contribution in [0, 0.1) is 5.92 Å². The summed E-state index contributed by atoms with van der Waals surface area (Å²) in [6, 6.07) is 3.81. The summed E-state index contributed by atoms with van der Waals surface area (Å²) in [5.74, 6) is 2.19. The number of hydrogen-bond donors (Lipinski definition) is 1. The van der Waals surface area contributed by atoms with Gasteiger partial charge in [0.05, 0.1) is 16.6 Å². The van der Waals surface area contributed by atoms with E-state index in [0.29, 0.717) is 17.5 Å². The van der Waals surface area contributed by atoms with Crippen molar-refractivity contribution in [2.45, 2.75) is 50.2 Å². The van der Waals surface area contributed by atoms with Gasteiger partial charge in [0.2, 0.25) is 11.1 Å². The van der Waals surface area contributed by atoms with Crippen LogP contribution in [0.3, 0.4) is 0 Å². The molecule has 1 aliphatic rings. The third-order valence-corrected chi connectivity index (χ3v) is 6.60. The zero-order chi connectivity index (χ0) is 17.6. The molecule has 2 aromatic heterocycles. The van der Waals surface area contributed by atoms with Crippen LogP contribution in [-0.4, -0.2) is 38.8 Å². The number of thioether (sulfide) groups is 1. The molecule has 0 aromatic carbocycles. The van der Waals surface area contributed by atoms with Crippen LogP contribution in [0.5, 0.6) is 0 Å². The van der Waals surface area contributed by atoms with E-state index < -0.39 is 0 Å². The van der Waals surface area contributed by atoms with Crippen molar-refractivity contribution < 1.29 is 4.79 Å². The van der Waals surface area contributed by atoms with Gasteiger partial charge in [-0.05, 0) is 24.5 Å². The minimum absolute atomic E-state index is 0.0619. The molecule has 0 bridgehead atoms. The highest BCUT2D eigenvalue weighted by Gasteiger charge is 2.16. The van der Waals surface area contributed by atoms with E-state index in [0.717, 1.165) is 27.4 Å². The number of aromatic amines is 1. The second kappa shape index (κ2) is 9.05. The van der Waals surface area contributed by atoms with E-state index in [-0.39, 0.29) is 5.91 Å². The van der Waals surface area contributed by atoms with Crippen molar-refractivity contribution in [3.63, 3.8) is 0 Å². The number of hydrogen-bond acceptors (Lipinski definition) is 5. The zero-order valence-electron chi connectivity index (χ0n) is 14.3. The van der Waals surface area contributed by atoms with E-state index in [2.05, 4.69) is 15.2 Å². The monoisotopic (exact) mass is 398 g/mol. The molecule has 1 fully saturated rings. The summed E-state index contributed by atoms with van der Waals surface area (Å²) in [5, 5.41) is 7.88. The molecular formula is C17H23ClN4OS2. The molecule has 0 saturated heterocycles. The van der Waals surface area contributed by atoms with Gasteiger partial charge in [-0.25, -0.2) is 4.98 Å². The number of H-pyrrole nitrogens is 1. The first kappa shape index (κ1) is 18.7. The molecular weight excluding hydrogens is 376 g/mol. The predicted octanol–water partition coefficient (Wildman–Crippen LogP) is 4.39. The largest absolute Gasteiger partial charge is 0.340 e. The lowest BCUT2D eigenvalue weighted by Crippen LogP contribution is -2.27. The molecule has 0 atom stereocenters. The number of thiophene rings is 1. The second-order valence-electron chi connectivity index (χ2n) is 6.50. The smallest absolute Gasteiger partial charge is 0.233 e. The molecule has 8 heteroatoms. The van der Waals surface area contributed by atoms with Crippen LogP contribution in [0.25, 0.3) is 0 Å². The lowest BCUT2D eigenvalue weighted by atomic mass is 10.0. The number of amides is 1. The lowest BCUT2D eigenvalue weighted by molar-refractivity contribution is -0.127. The summed E-state index contributed by atoms with van der Waals surface area (Å²) in [6.07, 6.45) is 7.58. The molecule has 25 heavy (non-hydrogen) atoms. The Morgan fingerprint density at radius 1 is 1.44 bits per heavy atom. The maximum absolute atomic E-state index is 12.2. The maximum atomic E-state index is 12.2. The predicted molar refractivity (Wildman–Crippen MR) is 103 cm³/mol. The van der Waals surface area contributed by atoms with Gasteiger partial charge in [0, 0.05) is 18.3 Å². The highest BCUT2D eigenvalue weighted by molar-refractivity contribution is 7.99. The van der Waals surface area contributed by atoms with Gasteiger partial charge in [-0.15, -0.1) is 16.4 Å². The van der Waals surface area contributed by atoms with Crippen LogP contribution in [0.2, 0.25) is 4.34 Å². The number of rotatable bonds is 8. The fourth-order valence-corrected chi connectivity index (χ4v) is 4.99. The van der Waals surface area contributed by atoms with Gasteiger partial charge in [-0.2, -0.15) is 0 Å². The molecule has 136 valence electrons. The molecule has 0 unspecified atom stereocenters. The first-order valence-electron chi connectivity index (χ1n) is 8.62. The van der Waals surface area contributed by atoms with Crippen LogP contribution in [0.1, 0.15) is 42.8 Å². The van der Waals surface area contributed by atoms with Crippen molar-refractivity contribution >= 4 is 40.6 Å². The van der Waals surface area contributed by atoms with E-state index in [4.69, 9.17) is 11.6 Å². The molecule has 5 nitrogen and oxygen atoms in total. The van der Waals surface area contributed by atoms with Gasteiger partial charge < -0.3 is 4.90 Å². The fraction of sp³-hybridized carbons (Fsp3) is 0.588. The van der Waals surface area contributed by atoms with Crippen molar-refractivity contribution in [1.29, 1.82) is 0 Å². The third kappa shape index (κ3) is 5.72. The van der Waals surface area contributed by atoms with Gasteiger partial charge in [0.15, 0.2) is 0 Å². The second-order valence-corrected chi connectivity index (χ2v) is 9.24. The average molecular weight is 399 g/mol. The van der Waals surface area contributed by atoms with Gasteiger partial charge in [-0.3, -0.25) is 9.89 Å². The van der Waals surface area contributed by atoms with Gasteiger partial charge >= 0.3 is 0 Å². The Balaban J connectivity index is 1.40. The van der Waals surface area contributed by atoms with Crippen molar-refractivity contribution in [1.82, 2.24) is 20.1 Å². The van der Waals surface area contributed by atoms with Crippen molar-refractivity contribution in [3.05, 3.63) is 27.2 Å². The lowest BCUT2D eigenvalue weighted by Gasteiger charge is -2.15. The number of carbonyl (C=O) groups excluding carboxylic acids is 1. The van der Waals surface area contributed by atoms with Crippen LogP contribution in [-0.2, 0) is 17.8 Å². The highest BCUT2D eigenvalue weighted by Crippen LogP contribution is 2.28. The summed E-state index contributed by atoms with van der Waals surface area (Å²) in [5.41, 5.74) is 0. The minimum atomic E-state index is 0.0619. The Morgan fingerprint density at radius 3 is 2.96 bits per heavy atom. The Bertz CT molecular complexity index is 696. The molecule has 0 aliphatic heterocycles. The molecule has 1 saturated carbocycles. The minimum Gasteiger partial charge on any atom is -0.340 e. The number of halogens is 1. The molecule has 1 N–H and O–H groups in total. The standard InChI is InChI=1S/C17H23ClN4OS2/c1-22(10-13-7-8-14(18)25-13)16(23)11-24-17-19-15(20-21-17)9-6-12-4-2-3-5-12/h7-8,12H,2-6,9-11H2,1H3,(H,19,20,21). The molecule has 1 amide bonds. The molecule has 2 aromatic rings. The Kier molecular flexibility index (Phi) is 6.78. The van der Waals surface area contributed by atoms with Crippen molar-refractivity contribution in [2.24, 2.45) is 5.92 Å². The van der Waals surface area contributed by atoms with E-state index in [9.17, 15) is 4.79 Å². The normalized spacial score (nSPS) is 15.0. The summed E-state index contributed by atoms with van der Waals surface area (Å²) in [4.78, 5) is 19.5. The van der Waals surface area contributed by atoms with Gasteiger partial charge in [0.1, 0.15) is 5.82 Å². The van der Waals surface area contributed by atoms with Crippen LogP contribution in [0.4, 0.5) is 0 Å². The average Bonchev–Trinajstić information content (AvgIpc) is 3.33. The maximum Gasteiger partial charge on any atom is 0.233 e. The molecule has 0 radical (unpaired) electrons. The summed E-state index contributed by atoms with van der Waals surface area (Å²) in [7, 11) is 1.81. The fourth-order valence-electron chi connectivity index (χ4n) is 3.09. The number of nitrogens with zero attached hydrogens (tertiary/aromatic N) is 3. The molecule has 2 heterocycles. The Labute approximate surface area is 161 Å². The van der Waals surface area contributed by atoms with Crippen molar-refractivity contribution in [3.8, 4) is 0 Å². The van der Waals surface area contributed by atoms with Gasteiger partial charge in [0.25, 0.3) is 0 Å². The summed E-state index contributed by atoms with van der Waals surface area (Å²) in [6.45, 7) is 0.581. The molecule has 3 rings (SSSR count). The number of aryl methyl sites for hydroxylation is 1. The van der Waals surface area contributed by atoms with Crippen molar-refractivity contribution in [2.75, 3.05) is 12.8 Å². The molecule has 1 aliphatic carbocycles. The Hall–Kier alpha value is -1.05. The number of nitrogens with one attached hydrogen (secondary N) is 1. The quantitative estimate of drug-likeness (QED) is 0.669. The van der Waals surface area contributed by atoms with E-state index >= 15 is 0 Å². The van der Waals surface area contributed by atoms with Crippen LogP contribution in [0.15, 0.2) is 17.3 Å². The van der Waals surface area contributed by atoms with Crippen LogP contribution >= 0.6 is 34.7 Å². The van der Waals surface area contributed by atoms with Gasteiger partial charge in [-0.1, -0.05) is 49.0 Å². The zero-order valence-corrected chi connectivity index (χ0v) is 16.7. The molecule has 0 spiro atoms. The SMILES string of the molecule is CN(Cc1ccc(Cl)s1)C(=O)CSc1n[nH]c(CCC2CCCC2)n1. The highest BCUT2D eigenvalue weighted by atomic mass is 35.5.